The molecule has 0 radical (unpaired) electrons. The zero-order valence-corrected chi connectivity index (χ0v) is 11.5. The molecule has 2 N–H and O–H groups in total. The molecule has 1 amide bonds. The van der Waals surface area contributed by atoms with Crippen molar-refractivity contribution in [2.75, 3.05) is 12.4 Å². The molecule has 0 fully saturated rings. The standard InChI is InChI=1S/C16H17FN2O/c1-11-9-12(16(20)18-2)7-8-15(11)19-10-13-5-3-4-6-14(13)17/h3-9,19H,10H2,1-2H3,(H,18,20). The molecule has 0 aromatic heterocycles. The first-order chi connectivity index (χ1) is 9.61. The highest BCUT2D eigenvalue weighted by Crippen LogP contribution is 2.18. The lowest BCUT2D eigenvalue weighted by molar-refractivity contribution is 0.0963. The normalized spacial score (nSPS) is 10.2. The molecule has 0 heterocycles. The number of benzene rings is 2. The Bertz CT molecular complexity index is 626. The summed E-state index contributed by atoms with van der Waals surface area (Å²) in [6, 6.07) is 12.1. The number of halogens is 1. The molecule has 20 heavy (non-hydrogen) atoms. The van der Waals surface area contributed by atoms with E-state index in [2.05, 4.69) is 10.6 Å². The van der Waals surface area contributed by atoms with Crippen LogP contribution in [0.15, 0.2) is 42.5 Å². The summed E-state index contributed by atoms with van der Waals surface area (Å²) < 4.78 is 13.5. The lowest BCUT2D eigenvalue weighted by atomic mass is 10.1. The molecule has 0 aliphatic rings. The highest BCUT2D eigenvalue weighted by molar-refractivity contribution is 5.94. The van der Waals surface area contributed by atoms with Crippen molar-refractivity contribution in [2.45, 2.75) is 13.5 Å². The number of hydrogen-bond donors (Lipinski definition) is 2. The second-order valence-electron chi connectivity index (χ2n) is 4.55. The molecule has 104 valence electrons. The van der Waals surface area contributed by atoms with E-state index in [-0.39, 0.29) is 11.7 Å². The van der Waals surface area contributed by atoms with Gasteiger partial charge >= 0.3 is 0 Å². The van der Waals surface area contributed by atoms with Crippen LogP contribution < -0.4 is 10.6 Å². The number of amides is 1. The molecule has 2 aromatic rings. The zero-order chi connectivity index (χ0) is 14.5. The third-order valence-corrected chi connectivity index (χ3v) is 3.14. The van der Waals surface area contributed by atoms with Crippen LogP contribution in [0.3, 0.4) is 0 Å². The quantitative estimate of drug-likeness (QED) is 0.898. The smallest absolute Gasteiger partial charge is 0.251 e. The highest BCUT2D eigenvalue weighted by atomic mass is 19.1. The van der Waals surface area contributed by atoms with Crippen LogP contribution in [0.5, 0.6) is 0 Å². The van der Waals surface area contributed by atoms with Crippen molar-refractivity contribution in [3.05, 3.63) is 65.0 Å². The highest BCUT2D eigenvalue weighted by Gasteiger charge is 2.06. The fraction of sp³-hybridized carbons (Fsp3) is 0.188. The Kier molecular flexibility index (Phi) is 4.35. The van der Waals surface area contributed by atoms with Gasteiger partial charge in [0.15, 0.2) is 0 Å². The van der Waals surface area contributed by atoms with Crippen LogP contribution >= 0.6 is 0 Å². The summed E-state index contributed by atoms with van der Waals surface area (Å²) in [4.78, 5) is 11.5. The molecule has 0 spiro atoms. The minimum absolute atomic E-state index is 0.117. The van der Waals surface area contributed by atoms with E-state index < -0.39 is 0 Å². The van der Waals surface area contributed by atoms with Crippen molar-refractivity contribution in [2.24, 2.45) is 0 Å². The number of hydrogen-bond acceptors (Lipinski definition) is 2. The van der Waals surface area contributed by atoms with Crippen LogP contribution in [0.2, 0.25) is 0 Å². The molecule has 0 aliphatic carbocycles. The van der Waals surface area contributed by atoms with Crippen LogP contribution in [-0.2, 0) is 6.54 Å². The fourth-order valence-corrected chi connectivity index (χ4v) is 1.98. The van der Waals surface area contributed by atoms with E-state index in [1.165, 1.54) is 6.07 Å². The predicted molar refractivity (Wildman–Crippen MR) is 78.3 cm³/mol. The monoisotopic (exact) mass is 272 g/mol. The minimum atomic E-state index is -0.223. The Labute approximate surface area is 117 Å². The lowest BCUT2D eigenvalue weighted by Crippen LogP contribution is -2.17. The third-order valence-electron chi connectivity index (χ3n) is 3.14. The van der Waals surface area contributed by atoms with Gasteiger partial charge < -0.3 is 10.6 Å². The van der Waals surface area contributed by atoms with Crippen molar-refractivity contribution in [1.29, 1.82) is 0 Å². The number of rotatable bonds is 4. The van der Waals surface area contributed by atoms with Crippen molar-refractivity contribution in [1.82, 2.24) is 5.32 Å². The van der Waals surface area contributed by atoms with Crippen molar-refractivity contribution < 1.29 is 9.18 Å². The van der Waals surface area contributed by atoms with Gasteiger partial charge in [-0.2, -0.15) is 0 Å². The van der Waals surface area contributed by atoms with Crippen LogP contribution in [0.25, 0.3) is 0 Å². The minimum Gasteiger partial charge on any atom is -0.381 e. The average molecular weight is 272 g/mol. The first kappa shape index (κ1) is 14.1. The number of nitrogens with one attached hydrogen (secondary N) is 2. The van der Waals surface area contributed by atoms with Crippen molar-refractivity contribution in [3.63, 3.8) is 0 Å². The Morgan fingerprint density at radius 1 is 1.20 bits per heavy atom. The van der Waals surface area contributed by atoms with E-state index in [0.717, 1.165) is 11.3 Å². The van der Waals surface area contributed by atoms with Gasteiger partial charge in [-0.25, -0.2) is 4.39 Å². The predicted octanol–water partition coefficient (Wildman–Crippen LogP) is 3.11. The van der Waals surface area contributed by atoms with E-state index in [1.807, 2.05) is 25.1 Å². The molecule has 0 aliphatic heterocycles. The first-order valence-electron chi connectivity index (χ1n) is 6.42. The Morgan fingerprint density at radius 3 is 2.60 bits per heavy atom. The van der Waals surface area contributed by atoms with Gasteiger partial charge in [0, 0.05) is 30.4 Å². The maximum absolute atomic E-state index is 13.5. The van der Waals surface area contributed by atoms with Gasteiger partial charge in [0.1, 0.15) is 5.82 Å². The van der Waals surface area contributed by atoms with Gasteiger partial charge in [-0.3, -0.25) is 4.79 Å². The van der Waals surface area contributed by atoms with Gasteiger partial charge in [-0.15, -0.1) is 0 Å². The molecule has 2 rings (SSSR count). The molecule has 0 saturated heterocycles. The van der Waals surface area contributed by atoms with E-state index in [9.17, 15) is 9.18 Å². The van der Waals surface area contributed by atoms with Crippen LogP contribution in [0, 0.1) is 12.7 Å². The molecule has 0 bridgehead atoms. The van der Waals surface area contributed by atoms with Gasteiger partial charge in [0.05, 0.1) is 0 Å². The Morgan fingerprint density at radius 2 is 1.95 bits per heavy atom. The average Bonchev–Trinajstić information content (AvgIpc) is 2.46. The third kappa shape index (κ3) is 3.15. The summed E-state index contributed by atoms with van der Waals surface area (Å²) >= 11 is 0. The molecule has 3 nitrogen and oxygen atoms in total. The van der Waals surface area contributed by atoms with E-state index in [0.29, 0.717) is 17.7 Å². The molecular weight excluding hydrogens is 255 g/mol. The van der Waals surface area contributed by atoms with Crippen molar-refractivity contribution in [3.8, 4) is 0 Å². The lowest BCUT2D eigenvalue weighted by Gasteiger charge is -2.11. The summed E-state index contributed by atoms with van der Waals surface area (Å²) in [5.41, 5.74) is 3.06. The number of aryl methyl sites for hydroxylation is 1. The fourth-order valence-electron chi connectivity index (χ4n) is 1.98. The number of carbonyl (C=O) groups excluding carboxylic acids is 1. The van der Waals surface area contributed by atoms with Crippen molar-refractivity contribution >= 4 is 11.6 Å². The molecule has 0 atom stereocenters. The van der Waals surface area contributed by atoms with Crippen LogP contribution in [0.4, 0.5) is 10.1 Å². The molecule has 4 heteroatoms. The van der Waals surface area contributed by atoms with E-state index in [1.54, 1.807) is 25.2 Å². The van der Waals surface area contributed by atoms with E-state index in [4.69, 9.17) is 0 Å². The van der Waals surface area contributed by atoms with Gasteiger partial charge in [-0.1, -0.05) is 18.2 Å². The van der Waals surface area contributed by atoms with Gasteiger partial charge in [0.2, 0.25) is 0 Å². The molecule has 0 unspecified atom stereocenters. The second-order valence-corrected chi connectivity index (χ2v) is 4.55. The Hall–Kier alpha value is -2.36. The van der Waals surface area contributed by atoms with Gasteiger partial charge in [0.25, 0.3) is 5.91 Å². The van der Waals surface area contributed by atoms with E-state index >= 15 is 0 Å². The summed E-state index contributed by atoms with van der Waals surface area (Å²) in [7, 11) is 1.60. The summed E-state index contributed by atoms with van der Waals surface area (Å²) in [5, 5.41) is 5.77. The molecule has 0 saturated carbocycles. The maximum Gasteiger partial charge on any atom is 0.251 e. The maximum atomic E-state index is 13.5. The topological polar surface area (TPSA) is 41.1 Å². The zero-order valence-electron chi connectivity index (χ0n) is 11.5. The first-order valence-corrected chi connectivity index (χ1v) is 6.42. The van der Waals surface area contributed by atoms with Gasteiger partial charge in [-0.05, 0) is 36.8 Å². The SMILES string of the molecule is CNC(=O)c1ccc(NCc2ccccc2F)c(C)c1. The summed E-state index contributed by atoms with van der Waals surface area (Å²) in [6.07, 6.45) is 0. The second kappa shape index (κ2) is 6.19. The number of anilines is 1. The Balaban J connectivity index is 2.11. The van der Waals surface area contributed by atoms with Crippen LogP contribution in [0.1, 0.15) is 21.5 Å². The summed E-state index contributed by atoms with van der Waals surface area (Å²) in [5.74, 6) is -0.339. The summed E-state index contributed by atoms with van der Waals surface area (Å²) in [6.45, 7) is 2.32. The molecule has 2 aromatic carbocycles. The largest absolute Gasteiger partial charge is 0.381 e. The van der Waals surface area contributed by atoms with Crippen LogP contribution in [-0.4, -0.2) is 13.0 Å². The molecular formula is C16H17FN2O. The number of carbonyl (C=O) groups is 1.